The Balaban J connectivity index is 1.76. The van der Waals surface area contributed by atoms with Gasteiger partial charge in [0.15, 0.2) is 0 Å². The molecule has 0 aromatic heterocycles. The third-order valence-corrected chi connectivity index (χ3v) is 4.90. The van der Waals surface area contributed by atoms with Crippen LogP contribution >= 0.6 is 23.2 Å². The Morgan fingerprint density at radius 3 is 2.33 bits per heavy atom. The van der Waals surface area contributed by atoms with Gasteiger partial charge in [-0.3, -0.25) is 14.9 Å². The maximum atomic E-state index is 12.8. The van der Waals surface area contributed by atoms with Gasteiger partial charge in [-0.15, -0.1) is 0 Å². The fraction of sp³-hybridized carbons (Fsp3) is 0.278. The van der Waals surface area contributed by atoms with Crippen molar-refractivity contribution in [3.63, 3.8) is 0 Å². The van der Waals surface area contributed by atoms with Crippen molar-refractivity contribution in [2.24, 2.45) is 0 Å². The van der Waals surface area contributed by atoms with Gasteiger partial charge in [0.1, 0.15) is 11.4 Å². The molecule has 1 fully saturated rings. The minimum Gasteiger partial charge on any atom is -0.496 e. The summed E-state index contributed by atoms with van der Waals surface area (Å²) in [5, 5.41) is 12.1. The quantitative estimate of drug-likeness (QED) is 0.565. The first-order chi connectivity index (χ1) is 12.9. The van der Waals surface area contributed by atoms with Crippen LogP contribution in [0.5, 0.6) is 5.75 Å². The number of benzene rings is 2. The topological polar surface area (TPSA) is 75.9 Å². The van der Waals surface area contributed by atoms with Crippen molar-refractivity contribution in [1.82, 2.24) is 4.90 Å². The van der Waals surface area contributed by atoms with Crippen molar-refractivity contribution in [1.29, 1.82) is 0 Å². The van der Waals surface area contributed by atoms with E-state index in [-0.39, 0.29) is 11.6 Å². The molecule has 7 nitrogen and oxygen atoms in total. The molecule has 1 saturated heterocycles. The summed E-state index contributed by atoms with van der Waals surface area (Å²) >= 11 is 11.9. The first-order valence-electron chi connectivity index (χ1n) is 8.22. The van der Waals surface area contributed by atoms with Gasteiger partial charge >= 0.3 is 0 Å². The summed E-state index contributed by atoms with van der Waals surface area (Å²) in [4.78, 5) is 27.3. The van der Waals surface area contributed by atoms with Gasteiger partial charge < -0.3 is 14.5 Å². The molecule has 27 heavy (non-hydrogen) atoms. The summed E-state index contributed by atoms with van der Waals surface area (Å²) in [6.07, 6.45) is 0. The van der Waals surface area contributed by atoms with Crippen molar-refractivity contribution < 1.29 is 14.5 Å². The molecule has 1 aliphatic heterocycles. The number of nitro benzene ring substituents is 1. The average molecular weight is 410 g/mol. The Bertz CT molecular complexity index is 883. The third kappa shape index (κ3) is 4.09. The molecule has 0 atom stereocenters. The highest BCUT2D eigenvalue weighted by atomic mass is 35.5. The van der Waals surface area contributed by atoms with Gasteiger partial charge in [-0.05, 0) is 30.3 Å². The van der Waals surface area contributed by atoms with Crippen molar-refractivity contribution in [3.05, 3.63) is 62.1 Å². The van der Waals surface area contributed by atoms with Crippen LogP contribution in [0.3, 0.4) is 0 Å². The summed E-state index contributed by atoms with van der Waals surface area (Å²) in [7, 11) is 1.50. The van der Waals surface area contributed by atoms with Crippen molar-refractivity contribution in [2.75, 3.05) is 38.2 Å². The van der Waals surface area contributed by atoms with Crippen LogP contribution in [0.4, 0.5) is 11.4 Å². The number of carbonyl (C=O) groups excluding carboxylic acids is 1. The smallest absolute Gasteiger partial charge is 0.294 e. The lowest BCUT2D eigenvalue weighted by molar-refractivity contribution is -0.384. The van der Waals surface area contributed by atoms with E-state index in [1.54, 1.807) is 35.2 Å². The van der Waals surface area contributed by atoms with E-state index < -0.39 is 4.92 Å². The summed E-state index contributed by atoms with van der Waals surface area (Å²) in [6, 6.07) is 9.50. The van der Waals surface area contributed by atoms with E-state index in [1.807, 2.05) is 4.90 Å². The second-order valence-corrected chi connectivity index (χ2v) is 6.89. The molecule has 0 bridgehead atoms. The van der Waals surface area contributed by atoms with Crippen molar-refractivity contribution in [3.8, 4) is 5.75 Å². The molecule has 1 aliphatic rings. The predicted octanol–water partition coefficient (Wildman–Crippen LogP) is 3.87. The Kier molecular flexibility index (Phi) is 5.72. The fourth-order valence-electron chi connectivity index (χ4n) is 3.08. The highest BCUT2D eigenvalue weighted by Crippen LogP contribution is 2.32. The van der Waals surface area contributed by atoms with Crippen LogP contribution in [-0.4, -0.2) is 49.0 Å². The lowest BCUT2D eigenvalue weighted by atomic mass is 10.1. The van der Waals surface area contributed by atoms with Gasteiger partial charge in [0.2, 0.25) is 0 Å². The third-order valence-electron chi connectivity index (χ3n) is 4.43. The van der Waals surface area contributed by atoms with Crippen LogP contribution in [-0.2, 0) is 0 Å². The molecule has 2 aromatic rings. The van der Waals surface area contributed by atoms with E-state index in [0.29, 0.717) is 53.2 Å². The van der Waals surface area contributed by atoms with Crippen LogP contribution in [0.15, 0.2) is 36.4 Å². The van der Waals surface area contributed by atoms with Crippen LogP contribution in [0.2, 0.25) is 10.0 Å². The van der Waals surface area contributed by atoms with Gasteiger partial charge in [0, 0.05) is 42.3 Å². The van der Waals surface area contributed by atoms with E-state index in [1.165, 1.54) is 13.2 Å². The summed E-state index contributed by atoms with van der Waals surface area (Å²) in [5.41, 5.74) is 0.853. The first kappa shape index (κ1) is 19.3. The second-order valence-electron chi connectivity index (χ2n) is 6.01. The first-order valence-corrected chi connectivity index (χ1v) is 8.98. The fourth-order valence-corrected chi connectivity index (χ4v) is 3.42. The maximum absolute atomic E-state index is 12.8. The molecular weight excluding hydrogens is 393 g/mol. The number of hydrogen-bond acceptors (Lipinski definition) is 5. The largest absolute Gasteiger partial charge is 0.496 e. The van der Waals surface area contributed by atoms with Gasteiger partial charge in [-0.1, -0.05) is 23.2 Å². The number of amides is 1. The number of hydrogen-bond donors (Lipinski definition) is 0. The summed E-state index contributed by atoms with van der Waals surface area (Å²) < 4.78 is 5.25. The normalized spacial score (nSPS) is 14.2. The predicted molar refractivity (Wildman–Crippen MR) is 104 cm³/mol. The minimum absolute atomic E-state index is 0.0428. The van der Waals surface area contributed by atoms with E-state index in [0.717, 1.165) is 0 Å². The number of halogens is 2. The van der Waals surface area contributed by atoms with Crippen molar-refractivity contribution >= 4 is 40.5 Å². The zero-order valence-electron chi connectivity index (χ0n) is 14.5. The van der Waals surface area contributed by atoms with E-state index in [2.05, 4.69) is 0 Å². The van der Waals surface area contributed by atoms with Crippen LogP contribution in [0.25, 0.3) is 0 Å². The molecule has 3 rings (SSSR count). The number of piperazine rings is 1. The molecule has 0 aliphatic carbocycles. The van der Waals surface area contributed by atoms with Crippen LogP contribution < -0.4 is 9.64 Å². The Labute approximate surface area is 166 Å². The molecule has 1 heterocycles. The highest BCUT2D eigenvalue weighted by Gasteiger charge is 2.27. The Morgan fingerprint density at radius 1 is 1.07 bits per heavy atom. The molecular formula is C18H17Cl2N3O4. The lowest BCUT2D eigenvalue weighted by Crippen LogP contribution is -2.49. The molecule has 9 heteroatoms. The highest BCUT2D eigenvalue weighted by molar-refractivity contribution is 6.31. The number of carbonyl (C=O) groups is 1. The molecule has 0 unspecified atom stereocenters. The van der Waals surface area contributed by atoms with E-state index >= 15 is 0 Å². The SMILES string of the molecule is COc1ccc(Cl)cc1C(=O)N1CCN(c2ccc(Cl)cc2[N+](=O)[O-])CC1. The number of nitrogens with zero attached hydrogens (tertiary/aromatic N) is 3. The minimum atomic E-state index is -0.449. The average Bonchev–Trinajstić information content (AvgIpc) is 2.67. The van der Waals surface area contributed by atoms with Gasteiger partial charge in [0.05, 0.1) is 17.6 Å². The molecule has 0 spiro atoms. The van der Waals surface area contributed by atoms with Crippen LogP contribution in [0.1, 0.15) is 10.4 Å². The molecule has 0 radical (unpaired) electrons. The van der Waals surface area contributed by atoms with E-state index in [4.69, 9.17) is 27.9 Å². The lowest BCUT2D eigenvalue weighted by Gasteiger charge is -2.36. The van der Waals surface area contributed by atoms with Crippen molar-refractivity contribution in [2.45, 2.75) is 0 Å². The zero-order chi connectivity index (χ0) is 19.6. The van der Waals surface area contributed by atoms with Gasteiger partial charge in [-0.25, -0.2) is 0 Å². The Morgan fingerprint density at radius 2 is 1.70 bits per heavy atom. The molecule has 1 amide bonds. The summed E-state index contributed by atoms with van der Waals surface area (Å²) in [6.45, 7) is 1.79. The van der Waals surface area contributed by atoms with E-state index in [9.17, 15) is 14.9 Å². The molecule has 0 saturated carbocycles. The zero-order valence-corrected chi connectivity index (χ0v) is 16.0. The second kappa shape index (κ2) is 8.02. The van der Waals surface area contributed by atoms with Crippen LogP contribution in [0, 0.1) is 10.1 Å². The maximum Gasteiger partial charge on any atom is 0.294 e. The molecule has 2 aromatic carbocycles. The standard InChI is InChI=1S/C18H17Cl2N3O4/c1-27-17-5-3-12(19)10-14(17)18(24)22-8-6-21(7-9-22)15-4-2-13(20)11-16(15)23(25)26/h2-5,10-11H,6-9H2,1H3. The number of rotatable bonds is 4. The van der Waals surface area contributed by atoms with Gasteiger partial charge in [-0.2, -0.15) is 0 Å². The molecule has 0 N–H and O–H groups in total. The number of methoxy groups -OCH3 is 1. The Hall–Kier alpha value is -2.51. The number of anilines is 1. The number of ether oxygens (including phenoxy) is 1. The number of nitro groups is 1. The monoisotopic (exact) mass is 409 g/mol. The van der Waals surface area contributed by atoms with Gasteiger partial charge in [0.25, 0.3) is 11.6 Å². The summed E-state index contributed by atoms with van der Waals surface area (Å²) in [5.74, 6) is 0.278. The molecule has 142 valence electrons.